The van der Waals surface area contributed by atoms with Gasteiger partial charge in [-0.1, -0.05) is 24.8 Å². The smallest absolute Gasteiger partial charge is 0.188 e. The van der Waals surface area contributed by atoms with Gasteiger partial charge in [0, 0.05) is 5.56 Å². The maximum absolute atomic E-state index is 11.7. The van der Waals surface area contributed by atoms with Gasteiger partial charge in [0.1, 0.15) is 0 Å². The topological polar surface area (TPSA) is 17.1 Å². The largest absolute Gasteiger partial charge is 0.289 e. The van der Waals surface area contributed by atoms with Crippen molar-refractivity contribution in [2.75, 3.05) is 0 Å². The van der Waals surface area contributed by atoms with E-state index in [1.165, 1.54) is 11.1 Å². The highest BCUT2D eigenvalue weighted by atomic mass is 16.1. The van der Waals surface area contributed by atoms with Crippen molar-refractivity contribution in [1.29, 1.82) is 0 Å². The molecular weight excluding hydrogens is 160 g/mol. The summed E-state index contributed by atoms with van der Waals surface area (Å²) in [5, 5.41) is 0. The van der Waals surface area contributed by atoms with E-state index >= 15 is 0 Å². The first-order valence-electron chi connectivity index (χ1n) is 4.51. The molecule has 0 fully saturated rings. The maximum atomic E-state index is 11.7. The first kappa shape index (κ1) is 8.24. The molecule has 1 aliphatic carbocycles. The van der Waals surface area contributed by atoms with Crippen molar-refractivity contribution in [3.05, 3.63) is 47.0 Å². The quantitative estimate of drug-likeness (QED) is 0.550. The first-order valence-corrected chi connectivity index (χ1v) is 4.51. The van der Waals surface area contributed by atoms with Gasteiger partial charge in [-0.3, -0.25) is 4.79 Å². The summed E-state index contributed by atoms with van der Waals surface area (Å²) in [6.45, 7) is 5.83. The Balaban J connectivity index is 2.62. The van der Waals surface area contributed by atoms with Crippen molar-refractivity contribution in [3.8, 4) is 0 Å². The molecule has 0 spiro atoms. The molecule has 0 atom stereocenters. The number of allylic oxidation sites excluding steroid dienone is 1. The van der Waals surface area contributed by atoms with E-state index in [1.54, 1.807) is 0 Å². The third kappa shape index (κ3) is 1.21. The third-order valence-corrected chi connectivity index (χ3v) is 2.65. The lowest BCUT2D eigenvalue weighted by atomic mass is 9.85. The fourth-order valence-corrected chi connectivity index (χ4v) is 1.83. The molecule has 1 nitrogen and oxygen atoms in total. The second-order valence-electron chi connectivity index (χ2n) is 3.53. The van der Waals surface area contributed by atoms with Crippen molar-refractivity contribution in [2.45, 2.75) is 19.8 Å². The standard InChI is InChI=1S/C12H12O/c1-8-4-3-5-11-10(8)7-6-9(2)12(11)13/h3-5H,2,6-7H2,1H3. The second kappa shape index (κ2) is 2.84. The van der Waals surface area contributed by atoms with Crippen LogP contribution in [0.4, 0.5) is 0 Å². The molecule has 0 unspecified atom stereocenters. The van der Waals surface area contributed by atoms with Crippen LogP contribution in [0.2, 0.25) is 0 Å². The highest BCUT2D eigenvalue weighted by Gasteiger charge is 2.20. The predicted octanol–water partition coefficient (Wildman–Crippen LogP) is 2.68. The van der Waals surface area contributed by atoms with Crippen molar-refractivity contribution in [1.82, 2.24) is 0 Å². The van der Waals surface area contributed by atoms with Crippen LogP contribution in [-0.4, -0.2) is 5.78 Å². The van der Waals surface area contributed by atoms with E-state index in [-0.39, 0.29) is 5.78 Å². The van der Waals surface area contributed by atoms with Crippen LogP contribution in [-0.2, 0) is 6.42 Å². The Kier molecular flexibility index (Phi) is 1.80. The molecule has 1 aliphatic rings. The van der Waals surface area contributed by atoms with Crippen LogP contribution in [0.3, 0.4) is 0 Å². The van der Waals surface area contributed by atoms with E-state index in [9.17, 15) is 4.79 Å². The SMILES string of the molecule is C=C1CCc2c(C)cccc2C1=O. The zero-order valence-electron chi connectivity index (χ0n) is 7.76. The number of hydrogen-bond acceptors (Lipinski definition) is 1. The fraction of sp³-hybridized carbons (Fsp3) is 0.250. The van der Waals surface area contributed by atoms with Crippen molar-refractivity contribution >= 4 is 5.78 Å². The fourth-order valence-electron chi connectivity index (χ4n) is 1.83. The minimum Gasteiger partial charge on any atom is -0.289 e. The van der Waals surface area contributed by atoms with E-state index in [0.717, 1.165) is 24.0 Å². The molecular formula is C12H12O. The number of benzene rings is 1. The van der Waals surface area contributed by atoms with Gasteiger partial charge in [-0.2, -0.15) is 0 Å². The Hall–Kier alpha value is -1.37. The molecule has 0 N–H and O–H groups in total. The van der Waals surface area contributed by atoms with Crippen LogP contribution < -0.4 is 0 Å². The predicted molar refractivity (Wildman–Crippen MR) is 53.0 cm³/mol. The molecule has 1 aromatic carbocycles. The zero-order chi connectivity index (χ0) is 9.42. The summed E-state index contributed by atoms with van der Waals surface area (Å²) in [5.41, 5.74) is 4.03. The van der Waals surface area contributed by atoms with E-state index in [4.69, 9.17) is 0 Å². The summed E-state index contributed by atoms with van der Waals surface area (Å²) in [5.74, 6) is 0.130. The summed E-state index contributed by atoms with van der Waals surface area (Å²) in [4.78, 5) is 11.7. The van der Waals surface area contributed by atoms with Gasteiger partial charge in [0.2, 0.25) is 0 Å². The van der Waals surface area contributed by atoms with Gasteiger partial charge in [-0.25, -0.2) is 0 Å². The van der Waals surface area contributed by atoms with Gasteiger partial charge in [0.25, 0.3) is 0 Å². The number of carbonyl (C=O) groups excluding carboxylic acids is 1. The molecule has 1 heteroatoms. The van der Waals surface area contributed by atoms with Crippen LogP contribution >= 0.6 is 0 Å². The lowest BCUT2D eigenvalue weighted by molar-refractivity contribution is 0.102. The Morgan fingerprint density at radius 1 is 1.31 bits per heavy atom. The van der Waals surface area contributed by atoms with Crippen LogP contribution in [0.1, 0.15) is 27.9 Å². The van der Waals surface area contributed by atoms with Crippen LogP contribution in [0.15, 0.2) is 30.4 Å². The third-order valence-electron chi connectivity index (χ3n) is 2.65. The highest BCUT2D eigenvalue weighted by Crippen LogP contribution is 2.26. The minimum atomic E-state index is 0.130. The van der Waals surface area contributed by atoms with E-state index in [1.807, 2.05) is 12.1 Å². The number of fused-ring (bicyclic) bond motifs is 1. The lowest BCUT2D eigenvalue weighted by Crippen LogP contribution is -2.14. The van der Waals surface area contributed by atoms with Gasteiger partial charge >= 0.3 is 0 Å². The number of carbonyl (C=O) groups is 1. The molecule has 0 radical (unpaired) electrons. The molecule has 2 rings (SSSR count). The summed E-state index contributed by atoms with van der Waals surface area (Å²) < 4.78 is 0. The zero-order valence-corrected chi connectivity index (χ0v) is 7.76. The molecule has 0 heterocycles. The highest BCUT2D eigenvalue weighted by molar-refractivity contribution is 6.10. The summed E-state index contributed by atoms with van der Waals surface area (Å²) in [6, 6.07) is 5.89. The first-order chi connectivity index (χ1) is 6.20. The van der Waals surface area contributed by atoms with Crippen molar-refractivity contribution in [3.63, 3.8) is 0 Å². The Morgan fingerprint density at radius 3 is 2.85 bits per heavy atom. The molecule has 66 valence electrons. The molecule has 0 bridgehead atoms. The second-order valence-corrected chi connectivity index (χ2v) is 3.53. The summed E-state index contributed by atoms with van der Waals surface area (Å²) in [7, 11) is 0. The van der Waals surface area contributed by atoms with Crippen LogP contribution in [0, 0.1) is 6.92 Å². The number of Topliss-reactive ketones (excluding diaryl/α,β-unsaturated/α-hetero) is 1. The Morgan fingerprint density at radius 2 is 2.08 bits per heavy atom. The van der Waals surface area contributed by atoms with Crippen molar-refractivity contribution < 1.29 is 4.79 Å². The average molecular weight is 172 g/mol. The number of rotatable bonds is 0. The summed E-state index contributed by atoms with van der Waals surface area (Å²) in [6.07, 6.45) is 1.78. The molecule has 0 amide bonds. The molecule has 0 aromatic heterocycles. The number of hydrogen-bond donors (Lipinski definition) is 0. The van der Waals surface area contributed by atoms with Gasteiger partial charge < -0.3 is 0 Å². The minimum absolute atomic E-state index is 0.130. The van der Waals surface area contributed by atoms with E-state index in [2.05, 4.69) is 19.6 Å². The molecule has 0 saturated carbocycles. The Bertz CT molecular complexity index is 388. The van der Waals surface area contributed by atoms with E-state index < -0.39 is 0 Å². The van der Waals surface area contributed by atoms with Gasteiger partial charge in [-0.05, 0) is 36.5 Å². The van der Waals surface area contributed by atoms with Crippen LogP contribution in [0.5, 0.6) is 0 Å². The molecule has 0 aliphatic heterocycles. The van der Waals surface area contributed by atoms with Crippen LogP contribution in [0.25, 0.3) is 0 Å². The normalized spacial score (nSPS) is 15.8. The van der Waals surface area contributed by atoms with Gasteiger partial charge in [-0.15, -0.1) is 0 Å². The summed E-state index contributed by atoms with van der Waals surface area (Å²) >= 11 is 0. The monoisotopic (exact) mass is 172 g/mol. The van der Waals surface area contributed by atoms with E-state index in [0.29, 0.717) is 0 Å². The van der Waals surface area contributed by atoms with Crippen molar-refractivity contribution in [2.24, 2.45) is 0 Å². The Labute approximate surface area is 78.1 Å². The molecule has 1 aromatic rings. The number of aryl methyl sites for hydroxylation is 1. The maximum Gasteiger partial charge on any atom is 0.188 e. The number of ketones is 1. The molecule has 13 heavy (non-hydrogen) atoms. The van der Waals surface area contributed by atoms with Gasteiger partial charge in [0.05, 0.1) is 0 Å². The van der Waals surface area contributed by atoms with Gasteiger partial charge in [0.15, 0.2) is 5.78 Å². The molecule has 0 saturated heterocycles. The average Bonchev–Trinajstić information content (AvgIpc) is 2.12. The lowest BCUT2D eigenvalue weighted by Gasteiger charge is -2.18.